The van der Waals surface area contributed by atoms with Gasteiger partial charge in [0, 0.05) is 18.4 Å². The molecule has 1 fully saturated rings. The normalized spacial score (nSPS) is 18.2. The van der Waals surface area contributed by atoms with Crippen LogP contribution in [0.4, 0.5) is 4.79 Å². The monoisotopic (exact) mass is 419 g/mol. The zero-order valence-corrected chi connectivity index (χ0v) is 16.9. The van der Waals surface area contributed by atoms with E-state index in [1.807, 2.05) is 36.4 Å². The van der Waals surface area contributed by atoms with Crippen LogP contribution in [0.3, 0.4) is 0 Å². The first-order valence-electron chi connectivity index (χ1n) is 9.93. The van der Waals surface area contributed by atoms with Gasteiger partial charge in [-0.2, -0.15) is 9.99 Å². The molecule has 4 rings (SSSR count). The van der Waals surface area contributed by atoms with E-state index in [2.05, 4.69) is 20.9 Å². The molecule has 0 spiro atoms. The molecule has 1 aromatic heterocycles. The van der Waals surface area contributed by atoms with Gasteiger partial charge in [-0.15, -0.1) is 0 Å². The summed E-state index contributed by atoms with van der Waals surface area (Å²) < 4.78 is 5.19. The third-order valence-electron chi connectivity index (χ3n) is 5.19. The van der Waals surface area contributed by atoms with Crippen LogP contribution in [0.2, 0.25) is 0 Å². The average Bonchev–Trinajstić information content (AvgIpc) is 3.38. The van der Waals surface area contributed by atoms with E-state index in [-0.39, 0.29) is 12.8 Å². The Bertz CT molecular complexity index is 1100. The Hall–Kier alpha value is -4.01. The first kappa shape index (κ1) is 20.3. The highest BCUT2D eigenvalue weighted by atomic mass is 16.5. The summed E-state index contributed by atoms with van der Waals surface area (Å²) in [5, 5.41) is 7.36. The summed E-state index contributed by atoms with van der Waals surface area (Å²) in [6, 6.07) is 17.6. The number of rotatable bonds is 7. The summed E-state index contributed by atoms with van der Waals surface area (Å²) in [5.74, 6) is -0.314. The smallest absolute Gasteiger partial charge is 0.339 e. The van der Waals surface area contributed by atoms with Crippen molar-refractivity contribution in [1.29, 1.82) is 0 Å². The van der Waals surface area contributed by atoms with Crippen molar-refractivity contribution in [2.24, 2.45) is 0 Å². The van der Waals surface area contributed by atoms with Crippen LogP contribution in [0.1, 0.15) is 31.2 Å². The van der Waals surface area contributed by atoms with Crippen molar-refractivity contribution >= 4 is 17.8 Å². The standard InChI is InChI=1S/C22H21N5O4/c1-2-22(16-11-7-4-8-12-16)20(29)27(21(30)24-22)25-17(28)13-14-18-23-19(26-31-18)15-9-5-3-6-10-15/h3-12H,2,13-14H2,1H3,(H,24,30)(H,25,28)/t22-/m0/s1. The van der Waals surface area contributed by atoms with Gasteiger partial charge in [0.2, 0.25) is 17.6 Å². The highest BCUT2D eigenvalue weighted by Gasteiger charge is 2.52. The zero-order chi connectivity index (χ0) is 21.8. The summed E-state index contributed by atoms with van der Waals surface area (Å²) in [6.07, 6.45) is 0.489. The van der Waals surface area contributed by atoms with Gasteiger partial charge in [0.1, 0.15) is 5.54 Å². The van der Waals surface area contributed by atoms with E-state index in [0.29, 0.717) is 23.7 Å². The van der Waals surface area contributed by atoms with E-state index in [0.717, 1.165) is 10.6 Å². The van der Waals surface area contributed by atoms with E-state index in [1.165, 1.54) is 0 Å². The Morgan fingerprint density at radius 3 is 2.45 bits per heavy atom. The van der Waals surface area contributed by atoms with E-state index in [9.17, 15) is 14.4 Å². The predicted molar refractivity (Wildman–Crippen MR) is 110 cm³/mol. The lowest BCUT2D eigenvalue weighted by Gasteiger charge is -2.25. The Kier molecular flexibility index (Phi) is 5.48. The molecule has 9 heteroatoms. The number of carbonyl (C=O) groups is 3. The summed E-state index contributed by atoms with van der Waals surface area (Å²) in [6.45, 7) is 1.80. The van der Waals surface area contributed by atoms with Gasteiger partial charge < -0.3 is 9.84 Å². The predicted octanol–water partition coefficient (Wildman–Crippen LogP) is 2.56. The minimum atomic E-state index is -1.21. The van der Waals surface area contributed by atoms with Crippen molar-refractivity contribution in [1.82, 2.24) is 25.9 Å². The van der Waals surface area contributed by atoms with Crippen molar-refractivity contribution in [3.8, 4) is 11.4 Å². The SMILES string of the molecule is CC[C@@]1(c2ccccc2)NC(=O)N(NC(=O)CCc2nc(-c3ccccc3)no2)C1=O. The third kappa shape index (κ3) is 3.89. The molecule has 31 heavy (non-hydrogen) atoms. The van der Waals surface area contributed by atoms with E-state index in [4.69, 9.17) is 4.52 Å². The van der Waals surface area contributed by atoms with Crippen molar-refractivity contribution < 1.29 is 18.9 Å². The molecular weight excluding hydrogens is 398 g/mol. The largest absolute Gasteiger partial charge is 0.344 e. The number of carbonyl (C=O) groups excluding carboxylic acids is 3. The van der Waals surface area contributed by atoms with Gasteiger partial charge in [-0.3, -0.25) is 15.0 Å². The van der Waals surface area contributed by atoms with Crippen molar-refractivity contribution in [2.45, 2.75) is 31.7 Å². The highest BCUT2D eigenvalue weighted by Crippen LogP contribution is 2.31. The van der Waals surface area contributed by atoms with Crippen LogP contribution in [0.5, 0.6) is 0 Å². The topological polar surface area (TPSA) is 117 Å². The summed E-state index contributed by atoms with van der Waals surface area (Å²) in [5.41, 5.74) is 2.65. The minimum absolute atomic E-state index is 0.0298. The zero-order valence-electron chi connectivity index (χ0n) is 16.9. The number of hydrogen-bond acceptors (Lipinski definition) is 6. The molecule has 1 aliphatic heterocycles. The lowest BCUT2D eigenvalue weighted by molar-refractivity contribution is -0.139. The molecule has 3 aromatic rings. The van der Waals surface area contributed by atoms with Gasteiger partial charge in [0.25, 0.3) is 5.91 Å². The number of imide groups is 1. The number of aryl methyl sites for hydroxylation is 1. The molecule has 9 nitrogen and oxygen atoms in total. The molecule has 2 aromatic carbocycles. The van der Waals surface area contributed by atoms with Crippen LogP contribution in [0.15, 0.2) is 65.2 Å². The molecule has 1 saturated heterocycles. The molecule has 4 amide bonds. The van der Waals surface area contributed by atoms with Gasteiger partial charge in [-0.05, 0) is 12.0 Å². The van der Waals surface area contributed by atoms with Gasteiger partial charge in [0.05, 0.1) is 0 Å². The molecule has 0 aliphatic carbocycles. The Labute approximate surface area is 178 Å². The van der Waals surface area contributed by atoms with Gasteiger partial charge in [-0.1, -0.05) is 72.7 Å². The fraction of sp³-hybridized carbons (Fsp3) is 0.227. The van der Waals surface area contributed by atoms with Gasteiger partial charge >= 0.3 is 6.03 Å². The Morgan fingerprint density at radius 1 is 1.10 bits per heavy atom. The second kappa shape index (κ2) is 8.39. The highest BCUT2D eigenvalue weighted by molar-refractivity contribution is 6.08. The first-order valence-corrected chi connectivity index (χ1v) is 9.93. The maximum Gasteiger partial charge on any atom is 0.344 e. The maximum absolute atomic E-state index is 13.0. The van der Waals surface area contributed by atoms with E-state index < -0.39 is 23.4 Å². The number of benzene rings is 2. The van der Waals surface area contributed by atoms with Crippen LogP contribution in [0, 0.1) is 0 Å². The summed E-state index contributed by atoms with van der Waals surface area (Å²) in [4.78, 5) is 42.1. The molecule has 0 radical (unpaired) electrons. The van der Waals surface area contributed by atoms with Crippen LogP contribution in [0.25, 0.3) is 11.4 Å². The van der Waals surface area contributed by atoms with Crippen LogP contribution in [-0.2, 0) is 21.5 Å². The Balaban J connectivity index is 1.39. The molecule has 1 aliphatic rings. The number of nitrogens with one attached hydrogen (secondary N) is 2. The first-order chi connectivity index (χ1) is 15.0. The minimum Gasteiger partial charge on any atom is -0.339 e. The molecular formula is C22H21N5O4. The Morgan fingerprint density at radius 2 is 1.77 bits per heavy atom. The van der Waals surface area contributed by atoms with Crippen LogP contribution < -0.4 is 10.7 Å². The number of amides is 4. The number of hydrogen-bond donors (Lipinski definition) is 2. The van der Waals surface area contributed by atoms with Crippen molar-refractivity contribution in [3.05, 3.63) is 72.1 Å². The number of hydrazine groups is 1. The average molecular weight is 419 g/mol. The fourth-order valence-electron chi connectivity index (χ4n) is 3.50. The summed E-state index contributed by atoms with van der Waals surface area (Å²) in [7, 11) is 0. The molecule has 0 bridgehead atoms. The molecule has 2 heterocycles. The molecule has 0 saturated carbocycles. The van der Waals surface area contributed by atoms with Crippen LogP contribution in [-0.4, -0.2) is 33.0 Å². The lowest BCUT2D eigenvalue weighted by atomic mass is 9.87. The second-order valence-corrected chi connectivity index (χ2v) is 7.11. The van der Waals surface area contributed by atoms with E-state index in [1.54, 1.807) is 31.2 Å². The molecule has 2 N–H and O–H groups in total. The van der Waals surface area contributed by atoms with Crippen molar-refractivity contribution in [2.75, 3.05) is 0 Å². The lowest BCUT2D eigenvalue weighted by Crippen LogP contribution is -2.48. The maximum atomic E-state index is 13.0. The number of nitrogens with zero attached hydrogens (tertiary/aromatic N) is 3. The molecule has 0 unspecified atom stereocenters. The second-order valence-electron chi connectivity index (χ2n) is 7.11. The van der Waals surface area contributed by atoms with Gasteiger partial charge in [0.15, 0.2) is 0 Å². The number of aromatic nitrogens is 2. The molecule has 1 atom stereocenters. The third-order valence-corrected chi connectivity index (χ3v) is 5.19. The van der Waals surface area contributed by atoms with Gasteiger partial charge in [-0.25, -0.2) is 4.79 Å². The summed E-state index contributed by atoms with van der Waals surface area (Å²) >= 11 is 0. The molecule has 158 valence electrons. The quantitative estimate of drug-likeness (QED) is 0.569. The van der Waals surface area contributed by atoms with Crippen molar-refractivity contribution in [3.63, 3.8) is 0 Å². The van der Waals surface area contributed by atoms with E-state index >= 15 is 0 Å². The van der Waals surface area contributed by atoms with Crippen LogP contribution >= 0.6 is 0 Å². The number of urea groups is 1. The fourth-order valence-corrected chi connectivity index (χ4v) is 3.50.